The first-order chi connectivity index (χ1) is 11.8. The molecule has 0 fully saturated rings. The Morgan fingerprint density at radius 2 is 1.96 bits per heavy atom. The normalized spacial score (nSPS) is 11.4. The Bertz CT molecular complexity index is 703. The topological polar surface area (TPSA) is 77.7 Å². The number of hydrogen-bond acceptors (Lipinski definition) is 6. The molecule has 0 aliphatic carbocycles. The zero-order valence-corrected chi connectivity index (χ0v) is 12.9. The van der Waals surface area contributed by atoms with Crippen LogP contribution < -0.4 is 0 Å². The molecule has 2 aromatic rings. The summed E-state index contributed by atoms with van der Waals surface area (Å²) in [5.74, 6) is -1.66. The van der Waals surface area contributed by atoms with E-state index in [1.54, 1.807) is 0 Å². The van der Waals surface area contributed by atoms with Crippen molar-refractivity contribution in [3.8, 4) is 11.4 Å². The van der Waals surface area contributed by atoms with Crippen molar-refractivity contribution in [2.24, 2.45) is 0 Å². The van der Waals surface area contributed by atoms with Crippen LogP contribution in [0.15, 0.2) is 28.8 Å². The molecule has 0 unspecified atom stereocenters. The quantitative estimate of drug-likeness (QED) is 0.579. The van der Waals surface area contributed by atoms with Gasteiger partial charge >= 0.3 is 18.2 Å². The second-order valence-electron chi connectivity index (χ2n) is 4.64. The fourth-order valence-electron chi connectivity index (χ4n) is 1.78. The molecule has 1 heterocycles. The zero-order valence-electron chi connectivity index (χ0n) is 12.9. The lowest BCUT2D eigenvalue weighted by Crippen LogP contribution is -2.30. The van der Waals surface area contributed by atoms with E-state index < -0.39 is 31.4 Å². The number of benzene rings is 1. The van der Waals surface area contributed by atoms with Crippen LogP contribution >= 0.6 is 0 Å². The van der Waals surface area contributed by atoms with Gasteiger partial charge in [0, 0.05) is 5.56 Å². The van der Waals surface area contributed by atoms with Crippen molar-refractivity contribution in [1.29, 1.82) is 0 Å². The minimum absolute atomic E-state index is 0.0120. The van der Waals surface area contributed by atoms with Crippen LogP contribution in [0.5, 0.6) is 0 Å². The summed E-state index contributed by atoms with van der Waals surface area (Å²) in [5, 5.41) is 4.13. The Hall–Kier alpha value is -2.69. The summed E-state index contributed by atoms with van der Waals surface area (Å²) in [6.07, 6.45) is -5.58. The highest BCUT2D eigenvalue weighted by atomic mass is 19.4. The lowest BCUT2D eigenvalue weighted by molar-refractivity contribution is -0.159. The standard InChI is InChI=1S/C14H13F4N3O4/c1-23-21(13(22)24-7-6-15)8-9-2-4-10(5-3-9)11-19-12(25-20-11)14(16,17)18/h2-5H,6-8H2,1H3. The first-order valence-corrected chi connectivity index (χ1v) is 6.89. The van der Waals surface area contributed by atoms with Crippen LogP contribution in [0.3, 0.4) is 0 Å². The van der Waals surface area contributed by atoms with Crippen molar-refractivity contribution in [2.75, 3.05) is 20.4 Å². The molecule has 1 amide bonds. The van der Waals surface area contributed by atoms with Crippen LogP contribution in [0.2, 0.25) is 0 Å². The van der Waals surface area contributed by atoms with Gasteiger partial charge in [0.1, 0.15) is 13.3 Å². The Morgan fingerprint density at radius 3 is 2.48 bits per heavy atom. The van der Waals surface area contributed by atoms with Gasteiger partial charge in [-0.1, -0.05) is 29.4 Å². The fraction of sp³-hybridized carbons (Fsp3) is 0.357. The summed E-state index contributed by atoms with van der Waals surface area (Å²) in [4.78, 5) is 19.7. The number of hydroxylamine groups is 2. The molecule has 0 atom stereocenters. The summed E-state index contributed by atoms with van der Waals surface area (Å²) in [6.45, 7) is -1.22. The highest BCUT2D eigenvalue weighted by molar-refractivity contribution is 5.66. The highest BCUT2D eigenvalue weighted by Crippen LogP contribution is 2.29. The number of aromatic nitrogens is 2. The molecule has 1 aromatic heterocycles. The monoisotopic (exact) mass is 363 g/mol. The van der Waals surface area contributed by atoms with Crippen molar-refractivity contribution in [3.05, 3.63) is 35.7 Å². The average Bonchev–Trinajstić information content (AvgIpc) is 3.08. The number of ether oxygens (including phenoxy) is 1. The first-order valence-electron chi connectivity index (χ1n) is 6.89. The van der Waals surface area contributed by atoms with Crippen LogP contribution in [-0.4, -0.2) is 41.7 Å². The number of amides is 1. The molecular weight excluding hydrogens is 350 g/mol. The van der Waals surface area contributed by atoms with Crippen molar-refractivity contribution in [1.82, 2.24) is 15.2 Å². The molecule has 0 bridgehead atoms. The van der Waals surface area contributed by atoms with E-state index in [9.17, 15) is 22.4 Å². The maximum Gasteiger partial charge on any atom is 0.471 e. The molecule has 0 spiro atoms. The molecule has 0 radical (unpaired) electrons. The summed E-state index contributed by atoms with van der Waals surface area (Å²) >= 11 is 0. The van der Waals surface area contributed by atoms with Crippen LogP contribution in [-0.2, 0) is 22.3 Å². The molecule has 7 nitrogen and oxygen atoms in total. The molecule has 25 heavy (non-hydrogen) atoms. The number of nitrogens with zero attached hydrogens (tertiary/aromatic N) is 3. The smallest absolute Gasteiger partial charge is 0.445 e. The van der Waals surface area contributed by atoms with Gasteiger partial charge in [-0.05, 0) is 5.56 Å². The van der Waals surface area contributed by atoms with Gasteiger partial charge in [-0.3, -0.25) is 4.84 Å². The number of carbonyl (C=O) groups is 1. The van der Waals surface area contributed by atoms with Crippen LogP contribution in [0.4, 0.5) is 22.4 Å². The molecule has 0 N–H and O–H groups in total. The van der Waals surface area contributed by atoms with E-state index >= 15 is 0 Å². The lowest BCUT2D eigenvalue weighted by atomic mass is 10.1. The van der Waals surface area contributed by atoms with Crippen LogP contribution in [0.1, 0.15) is 11.5 Å². The Kier molecular flexibility index (Phi) is 5.91. The largest absolute Gasteiger partial charge is 0.471 e. The minimum Gasteiger partial charge on any atom is -0.445 e. The number of hydrogen-bond donors (Lipinski definition) is 0. The van der Waals surface area contributed by atoms with Gasteiger partial charge in [-0.25, -0.2) is 9.18 Å². The van der Waals surface area contributed by atoms with Gasteiger partial charge in [-0.2, -0.15) is 23.2 Å². The van der Waals surface area contributed by atoms with Crippen molar-refractivity contribution in [3.63, 3.8) is 0 Å². The van der Waals surface area contributed by atoms with E-state index in [-0.39, 0.29) is 12.4 Å². The number of alkyl halides is 4. The van der Waals surface area contributed by atoms with Crippen molar-refractivity contribution in [2.45, 2.75) is 12.7 Å². The SMILES string of the molecule is CON(Cc1ccc(-c2noc(C(F)(F)F)n2)cc1)C(=O)OCCF. The molecule has 0 aliphatic rings. The predicted molar refractivity (Wildman–Crippen MR) is 74.6 cm³/mol. The van der Waals surface area contributed by atoms with Gasteiger partial charge in [0.05, 0.1) is 13.7 Å². The van der Waals surface area contributed by atoms with Crippen LogP contribution in [0.25, 0.3) is 11.4 Å². The highest BCUT2D eigenvalue weighted by Gasteiger charge is 2.38. The van der Waals surface area contributed by atoms with Gasteiger partial charge in [-0.15, -0.1) is 0 Å². The average molecular weight is 363 g/mol. The zero-order chi connectivity index (χ0) is 18.4. The maximum atomic E-state index is 12.4. The van der Waals surface area contributed by atoms with Gasteiger partial charge in [0.25, 0.3) is 0 Å². The molecule has 0 saturated carbocycles. The Morgan fingerprint density at radius 1 is 1.28 bits per heavy atom. The Balaban J connectivity index is 2.06. The third-order valence-corrected chi connectivity index (χ3v) is 2.93. The molecular formula is C14H13F4N3O4. The number of rotatable bonds is 6. The van der Waals surface area contributed by atoms with E-state index in [0.29, 0.717) is 11.1 Å². The van der Waals surface area contributed by atoms with Gasteiger partial charge in [0.2, 0.25) is 5.82 Å². The van der Waals surface area contributed by atoms with Crippen molar-refractivity contribution < 1.29 is 36.5 Å². The van der Waals surface area contributed by atoms with Gasteiger partial charge < -0.3 is 9.26 Å². The Labute approximate surface area is 139 Å². The summed E-state index contributed by atoms with van der Waals surface area (Å²) in [6, 6.07) is 5.99. The number of carbonyl (C=O) groups excluding carboxylic acids is 1. The van der Waals surface area contributed by atoms with E-state index in [2.05, 4.69) is 19.4 Å². The third-order valence-electron chi connectivity index (χ3n) is 2.93. The van der Waals surface area contributed by atoms with E-state index in [4.69, 9.17) is 4.84 Å². The van der Waals surface area contributed by atoms with Crippen LogP contribution in [0, 0.1) is 0 Å². The summed E-state index contributed by atoms with van der Waals surface area (Å²) in [7, 11) is 1.24. The van der Waals surface area contributed by atoms with Gasteiger partial charge in [0.15, 0.2) is 0 Å². The second-order valence-corrected chi connectivity index (χ2v) is 4.64. The third kappa shape index (κ3) is 4.89. The number of halogens is 4. The van der Waals surface area contributed by atoms with Crippen molar-refractivity contribution >= 4 is 6.09 Å². The molecule has 0 saturated heterocycles. The molecule has 136 valence electrons. The van der Waals surface area contributed by atoms with E-state index in [1.165, 1.54) is 31.4 Å². The molecule has 11 heteroatoms. The predicted octanol–water partition coefficient (Wildman–Crippen LogP) is 3.22. The first kappa shape index (κ1) is 18.6. The summed E-state index contributed by atoms with van der Waals surface area (Å²) in [5.41, 5.74) is 0.884. The molecule has 0 aliphatic heterocycles. The molecule has 1 aromatic carbocycles. The molecule has 2 rings (SSSR count). The minimum atomic E-state index is -4.72. The summed E-state index contributed by atoms with van der Waals surface area (Å²) < 4.78 is 58.1. The maximum absolute atomic E-state index is 12.4. The van der Waals surface area contributed by atoms with E-state index in [1.807, 2.05) is 0 Å². The lowest BCUT2D eigenvalue weighted by Gasteiger charge is -2.18. The second kappa shape index (κ2) is 7.92. The van der Waals surface area contributed by atoms with E-state index in [0.717, 1.165) is 5.06 Å². The fourth-order valence-corrected chi connectivity index (χ4v) is 1.78.